The molecule has 0 aliphatic carbocycles. The van der Waals surface area contributed by atoms with Crippen LogP contribution in [0, 0.1) is 0 Å². The second kappa shape index (κ2) is 9.77. The SMILES string of the molecule is COc1cccc(-c2nnc(SCC(=O)NC[C@H]3CCCO3)n2-c2ccccc2)c1. The molecule has 0 bridgehead atoms. The van der Waals surface area contributed by atoms with Gasteiger partial charge in [0.15, 0.2) is 11.0 Å². The maximum absolute atomic E-state index is 12.3. The summed E-state index contributed by atoms with van der Waals surface area (Å²) >= 11 is 1.36. The van der Waals surface area contributed by atoms with Gasteiger partial charge in [0.05, 0.1) is 19.0 Å². The summed E-state index contributed by atoms with van der Waals surface area (Å²) < 4.78 is 12.9. The molecule has 1 N–H and O–H groups in total. The topological polar surface area (TPSA) is 78.3 Å². The Morgan fingerprint density at radius 1 is 1.23 bits per heavy atom. The van der Waals surface area contributed by atoms with Gasteiger partial charge in [-0.2, -0.15) is 0 Å². The minimum atomic E-state index is -0.0407. The molecule has 1 amide bonds. The van der Waals surface area contributed by atoms with Crippen molar-refractivity contribution in [1.82, 2.24) is 20.1 Å². The zero-order valence-electron chi connectivity index (χ0n) is 16.8. The molecule has 7 nitrogen and oxygen atoms in total. The molecule has 1 saturated heterocycles. The number of nitrogens with one attached hydrogen (secondary N) is 1. The Balaban J connectivity index is 1.54. The fraction of sp³-hybridized carbons (Fsp3) is 0.318. The van der Waals surface area contributed by atoms with E-state index in [2.05, 4.69) is 15.5 Å². The fourth-order valence-electron chi connectivity index (χ4n) is 3.34. The van der Waals surface area contributed by atoms with Gasteiger partial charge >= 0.3 is 0 Å². The van der Waals surface area contributed by atoms with Gasteiger partial charge in [0.2, 0.25) is 5.91 Å². The monoisotopic (exact) mass is 424 g/mol. The molecule has 0 radical (unpaired) electrons. The maximum Gasteiger partial charge on any atom is 0.230 e. The first kappa shape index (κ1) is 20.4. The normalized spacial score (nSPS) is 15.8. The fourth-order valence-corrected chi connectivity index (χ4v) is 4.12. The number of carbonyl (C=O) groups excluding carboxylic acids is 1. The predicted octanol–water partition coefficient (Wildman–Crippen LogP) is 3.33. The van der Waals surface area contributed by atoms with Gasteiger partial charge in [-0.15, -0.1) is 10.2 Å². The number of ether oxygens (including phenoxy) is 2. The van der Waals surface area contributed by atoms with Gasteiger partial charge in [0, 0.05) is 24.4 Å². The van der Waals surface area contributed by atoms with E-state index in [1.807, 2.05) is 59.2 Å². The first-order valence-electron chi connectivity index (χ1n) is 9.91. The van der Waals surface area contributed by atoms with Gasteiger partial charge in [0.25, 0.3) is 0 Å². The summed E-state index contributed by atoms with van der Waals surface area (Å²) in [5, 5.41) is 12.4. The minimum absolute atomic E-state index is 0.0407. The van der Waals surface area contributed by atoms with E-state index < -0.39 is 0 Å². The number of hydrogen-bond donors (Lipinski definition) is 1. The van der Waals surface area contributed by atoms with Crippen LogP contribution in [0.4, 0.5) is 0 Å². The van der Waals surface area contributed by atoms with Crippen LogP contribution in [0.5, 0.6) is 5.75 Å². The molecule has 0 spiro atoms. The summed E-state index contributed by atoms with van der Waals surface area (Å²) in [7, 11) is 1.64. The van der Waals surface area contributed by atoms with E-state index in [0.717, 1.165) is 36.4 Å². The van der Waals surface area contributed by atoms with Crippen LogP contribution < -0.4 is 10.1 Å². The van der Waals surface area contributed by atoms with Gasteiger partial charge in [0.1, 0.15) is 5.75 Å². The van der Waals surface area contributed by atoms with Gasteiger partial charge in [-0.25, -0.2) is 0 Å². The van der Waals surface area contributed by atoms with Gasteiger partial charge in [-0.1, -0.05) is 42.1 Å². The Labute approximate surface area is 179 Å². The molecule has 1 aliphatic heterocycles. The Kier molecular flexibility index (Phi) is 6.66. The average molecular weight is 425 g/mol. The zero-order chi connectivity index (χ0) is 20.8. The van der Waals surface area contributed by atoms with Crippen molar-refractivity contribution in [2.45, 2.75) is 24.1 Å². The first-order chi connectivity index (χ1) is 14.7. The molecule has 156 valence electrons. The molecule has 1 aromatic heterocycles. The number of nitrogens with zero attached hydrogens (tertiary/aromatic N) is 3. The third-order valence-electron chi connectivity index (χ3n) is 4.86. The number of benzene rings is 2. The Morgan fingerprint density at radius 3 is 2.87 bits per heavy atom. The Bertz CT molecular complexity index is 987. The van der Waals surface area contributed by atoms with Crippen molar-refractivity contribution in [2.24, 2.45) is 0 Å². The van der Waals surface area contributed by atoms with Crippen molar-refractivity contribution in [1.29, 1.82) is 0 Å². The van der Waals surface area contributed by atoms with E-state index in [9.17, 15) is 4.79 Å². The van der Waals surface area contributed by atoms with Crippen molar-refractivity contribution in [2.75, 3.05) is 26.0 Å². The highest BCUT2D eigenvalue weighted by molar-refractivity contribution is 7.99. The van der Waals surface area contributed by atoms with E-state index in [-0.39, 0.29) is 17.8 Å². The first-order valence-corrected chi connectivity index (χ1v) is 10.9. The predicted molar refractivity (Wildman–Crippen MR) is 116 cm³/mol. The largest absolute Gasteiger partial charge is 0.497 e. The highest BCUT2D eigenvalue weighted by Crippen LogP contribution is 2.29. The number of carbonyl (C=O) groups is 1. The smallest absolute Gasteiger partial charge is 0.230 e. The highest BCUT2D eigenvalue weighted by Gasteiger charge is 2.19. The second-order valence-corrected chi connectivity index (χ2v) is 7.88. The average Bonchev–Trinajstić information content (AvgIpc) is 3.47. The van der Waals surface area contributed by atoms with E-state index in [1.165, 1.54) is 11.8 Å². The Morgan fingerprint density at radius 2 is 2.10 bits per heavy atom. The van der Waals surface area contributed by atoms with Crippen LogP contribution in [0.2, 0.25) is 0 Å². The minimum Gasteiger partial charge on any atom is -0.497 e. The van der Waals surface area contributed by atoms with Crippen LogP contribution in [-0.4, -0.2) is 52.8 Å². The molecule has 2 aromatic carbocycles. The molecule has 30 heavy (non-hydrogen) atoms. The standard InChI is InChI=1S/C22H24N4O3S/c1-28-18-10-5-7-16(13-18)21-24-25-22(26(21)17-8-3-2-4-9-17)30-15-20(27)23-14-19-11-6-12-29-19/h2-5,7-10,13,19H,6,11-12,14-15H2,1H3,(H,23,27)/t19-/m1/s1. The van der Waals surface area contributed by atoms with Crippen LogP contribution in [0.1, 0.15) is 12.8 Å². The lowest BCUT2D eigenvalue weighted by Crippen LogP contribution is -2.32. The lowest BCUT2D eigenvalue weighted by Gasteiger charge is -2.12. The number of para-hydroxylation sites is 1. The summed E-state index contributed by atoms with van der Waals surface area (Å²) in [6.07, 6.45) is 2.19. The van der Waals surface area contributed by atoms with Crippen molar-refractivity contribution < 1.29 is 14.3 Å². The molecule has 0 saturated carbocycles. The molecule has 1 aliphatic rings. The number of rotatable bonds is 8. The highest BCUT2D eigenvalue weighted by atomic mass is 32.2. The number of methoxy groups -OCH3 is 1. The molecular weight excluding hydrogens is 400 g/mol. The molecule has 4 rings (SSSR count). The quantitative estimate of drug-likeness (QED) is 0.559. The summed E-state index contributed by atoms with van der Waals surface area (Å²) in [4.78, 5) is 12.3. The van der Waals surface area contributed by atoms with Crippen LogP contribution in [0.25, 0.3) is 17.1 Å². The van der Waals surface area contributed by atoms with E-state index in [1.54, 1.807) is 7.11 Å². The summed E-state index contributed by atoms with van der Waals surface area (Å²) in [6.45, 7) is 1.34. The van der Waals surface area contributed by atoms with Crippen LogP contribution in [0.15, 0.2) is 59.8 Å². The van der Waals surface area contributed by atoms with E-state index >= 15 is 0 Å². The van der Waals surface area contributed by atoms with Crippen LogP contribution >= 0.6 is 11.8 Å². The van der Waals surface area contributed by atoms with Crippen molar-refractivity contribution >= 4 is 17.7 Å². The zero-order valence-corrected chi connectivity index (χ0v) is 17.6. The lowest BCUT2D eigenvalue weighted by molar-refractivity contribution is -0.119. The van der Waals surface area contributed by atoms with E-state index in [0.29, 0.717) is 17.5 Å². The summed E-state index contributed by atoms with van der Waals surface area (Å²) in [6, 6.07) is 17.6. The number of hydrogen-bond acceptors (Lipinski definition) is 6. The molecule has 0 unspecified atom stereocenters. The Hall–Kier alpha value is -2.84. The molecule has 1 fully saturated rings. The van der Waals surface area contributed by atoms with Gasteiger partial charge in [-0.3, -0.25) is 9.36 Å². The molecule has 1 atom stereocenters. The number of aromatic nitrogens is 3. The molecular formula is C22H24N4O3S. The van der Waals surface area contributed by atoms with Crippen molar-refractivity contribution in [3.63, 3.8) is 0 Å². The molecule has 8 heteroatoms. The summed E-state index contributed by atoms with van der Waals surface area (Å²) in [5.41, 5.74) is 1.82. The van der Waals surface area contributed by atoms with E-state index in [4.69, 9.17) is 9.47 Å². The van der Waals surface area contributed by atoms with Gasteiger partial charge < -0.3 is 14.8 Å². The molecule has 2 heterocycles. The summed E-state index contributed by atoms with van der Waals surface area (Å²) in [5.74, 6) is 1.66. The van der Waals surface area contributed by atoms with Crippen molar-refractivity contribution in [3.8, 4) is 22.8 Å². The van der Waals surface area contributed by atoms with Crippen LogP contribution in [0.3, 0.4) is 0 Å². The number of thioether (sulfide) groups is 1. The second-order valence-electron chi connectivity index (χ2n) is 6.94. The number of amides is 1. The maximum atomic E-state index is 12.3. The van der Waals surface area contributed by atoms with Gasteiger partial charge in [-0.05, 0) is 37.1 Å². The third kappa shape index (κ3) is 4.83. The molecule has 3 aromatic rings. The van der Waals surface area contributed by atoms with Crippen LogP contribution in [-0.2, 0) is 9.53 Å². The third-order valence-corrected chi connectivity index (χ3v) is 5.79. The lowest BCUT2D eigenvalue weighted by atomic mass is 10.2. The van der Waals surface area contributed by atoms with Crippen molar-refractivity contribution in [3.05, 3.63) is 54.6 Å².